The minimum absolute atomic E-state index is 0.0761. The maximum atomic E-state index is 15.8. The summed E-state index contributed by atoms with van der Waals surface area (Å²) in [5, 5.41) is 1.04. The lowest BCUT2D eigenvalue weighted by Gasteiger charge is -2.46. The molecular formula is C29H33F4N3O. The molecule has 2 fully saturated rings. The second-order valence-electron chi connectivity index (χ2n) is 11.0. The van der Waals surface area contributed by atoms with Crippen molar-refractivity contribution in [1.82, 2.24) is 14.8 Å². The van der Waals surface area contributed by atoms with E-state index in [1.54, 1.807) is 0 Å². The second kappa shape index (κ2) is 9.62. The van der Waals surface area contributed by atoms with Gasteiger partial charge in [0.1, 0.15) is 29.2 Å². The number of nitrogens with one attached hydrogen (secondary N) is 1. The molecule has 3 aliphatic rings. The van der Waals surface area contributed by atoms with Gasteiger partial charge in [-0.3, -0.25) is 14.2 Å². The molecule has 6 rings (SSSR count). The summed E-state index contributed by atoms with van der Waals surface area (Å²) < 4.78 is 65.2. The summed E-state index contributed by atoms with van der Waals surface area (Å²) in [6.45, 7) is 3.65. The van der Waals surface area contributed by atoms with Crippen molar-refractivity contribution in [2.75, 3.05) is 32.9 Å². The summed E-state index contributed by atoms with van der Waals surface area (Å²) in [5.41, 5.74) is 1.27. The molecule has 37 heavy (non-hydrogen) atoms. The normalized spacial score (nSPS) is 24.0. The van der Waals surface area contributed by atoms with E-state index in [1.165, 1.54) is 12.1 Å². The van der Waals surface area contributed by atoms with Crippen LogP contribution in [0, 0.1) is 11.6 Å². The highest BCUT2D eigenvalue weighted by Crippen LogP contribution is 2.46. The van der Waals surface area contributed by atoms with Gasteiger partial charge in [-0.15, -0.1) is 0 Å². The van der Waals surface area contributed by atoms with Crippen LogP contribution in [0.5, 0.6) is 5.75 Å². The van der Waals surface area contributed by atoms with Crippen molar-refractivity contribution in [2.45, 2.75) is 62.9 Å². The van der Waals surface area contributed by atoms with Gasteiger partial charge in [-0.2, -0.15) is 0 Å². The van der Waals surface area contributed by atoms with Crippen LogP contribution < -0.4 is 4.74 Å². The van der Waals surface area contributed by atoms with Crippen molar-refractivity contribution in [1.29, 1.82) is 0 Å². The topological polar surface area (TPSA) is 31.5 Å². The monoisotopic (exact) mass is 515 g/mol. The zero-order chi connectivity index (χ0) is 25.7. The molecule has 2 aliphatic heterocycles. The van der Waals surface area contributed by atoms with Crippen LogP contribution in [0.4, 0.5) is 17.6 Å². The Hall–Kier alpha value is -2.58. The highest BCUT2D eigenvalue weighted by molar-refractivity contribution is 5.85. The minimum Gasteiger partial charge on any atom is -0.488 e. The third-order valence-electron chi connectivity index (χ3n) is 8.39. The summed E-state index contributed by atoms with van der Waals surface area (Å²) in [4.78, 5) is 7.41. The van der Waals surface area contributed by atoms with Gasteiger partial charge in [0, 0.05) is 66.5 Å². The van der Waals surface area contributed by atoms with Gasteiger partial charge in [-0.1, -0.05) is 18.2 Å². The van der Waals surface area contributed by atoms with Crippen molar-refractivity contribution in [3.05, 3.63) is 64.9 Å². The predicted molar refractivity (Wildman–Crippen MR) is 136 cm³/mol. The van der Waals surface area contributed by atoms with Crippen molar-refractivity contribution < 1.29 is 22.3 Å². The fourth-order valence-electron chi connectivity index (χ4n) is 6.26. The van der Waals surface area contributed by atoms with Crippen LogP contribution in [-0.4, -0.2) is 65.5 Å². The molecule has 1 aromatic heterocycles. The average Bonchev–Trinajstić information content (AvgIpc) is 3.18. The number of H-pyrrole nitrogens is 1. The van der Waals surface area contributed by atoms with E-state index >= 15 is 13.2 Å². The molecule has 2 atom stereocenters. The Labute approximate surface area is 214 Å². The molecule has 1 N–H and O–H groups in total. The lowest BCUT2D eigenvalue weighted by atomic mass is 9.79. The van der Waals surface area contributed by atoms with Crippen molar-refractivity contribution in [3.8, 4) is 5.75 Å². The molecule has 3 aromatic rings. The van der Waals surface area contributed by atoms with E-state index in [0.717, 1.165) is 28.6 Å². The maximum absolute atomic E-state index is 15.8. The van der Waals surface area contributed by atoms with Crippen LogP contribution in [-0.2, 0) is 6.42 Å². The highest BCUT2D eigenvalue weighted by atomic mass is 19.1. The van der Waals surface area contributed by atoms with Gasteiger partial charge in [0.15, 0.2) is 0 Å². The van der Waals surface area contributed by atoms with Crippen LogP contribution in [0.3, 0.4) is 0 Å². The number of alkyl halides is 2. The first-order chi connectivity index (χ1) is 17.8. The maximum Gasteiger partial charge on any atom is 0.135 e. The number of ether oxygens (including phenoxy) is 1. The zero-order valence-electron chi connectivity index (χ0n) is 21.1. The molecule has 1 saturated heterocycles. The number of benzene rings is 2. The van der Waals surface area contributed by atoms with Gasteiger partial charge in [0.2, 0.25) is 0 Å². The third kappa shape index (κ3) is 4.52. The summed E-state index contributed by atoms with van der Waals surface area (Å²) in [6.07, 6.45) is 2.75. The summed E-state index contributed by atoms with van der Waals surface area (Å²) in [5.74, 6) is -1.25. The highest BCUT2D eigenvalue weighted by Gasteiger charge is 2.45. The van der Waals surface area contributed by atoms with Crippen molar-refractivity contribution >= 4 is 10.9 Å². The quantitative estimate of drug-likeness (QED) is 0.368. The lowest BCUT2D eigenvalue weighted by molar-refractivity contribution is -0.00826. The van der Waals surface area contributed by atoms with Gasteiger partial charge < -0.3 is 9.72 Å². The molecule has 2 aromatic carbocycles. The third-order valence-corrected chi connectivity index (χ3v) is 8.39. The molecular weight excluding hydrogens is 482 g/mol. The van der Waals surface area contributed by atoms with E-state index in [1.807, 2.05) is 36.1 Å². The molecule has 198 valence electrons. The summed E-state index contributed by atoms with van der Waals surface area (Å²) >= 11 is 0. The molecule has 3 heterocycles. The summed E-state index contributed by atoms with van der Waals surface area (Å²) in [6, 6.07) is 9.50. The lowest BCUT2D eigenvalue weighted by Crippen LogP contribution is -2.54. The number of para-hydroxylation sites is 1. The molecule has 0 amide bonds. The van der Waals surface area contributed by atoms with Crippen LogP contribution in [0.15, 0.2) is 36.4 Å². The molecule has 8 heteroatoms. The molecule has 0 unspecified atom stereocenters. The Bertz CT molecular complexity index is 1260. The number of hydrogen-bond acceptors (Lipinski definition) is 3. The molecule has 0 bridgehead atoms. The molecule has 1 aliphatic carbocycles. The van der Waals surface area contributed by atoms with Gasteiger partial charge in [-0.05, 0) is 50.7 Å². The molecule has 0 radical (unpaired) electrons. The number of nitrogens with zero attached hydrogens (tertiary/aromatic N) is 2. The second-order valence-corrected chi connectivity index (χ2v) is 11.0. The van der Waals surface area contributed by atoms with Crippen molar-refractivity contribution in [2.24, 2.45) is 0 Å². The van der Waals surface area contributed by atoms with E-state index in [0.29, 0.717) is 45.3 Å². The number of hydrogen-bond donors (Lipinski definition) is 1. The Morgan fingerprint density at radius 3 is 2.51 bits per heavy atom. The number of likely N-dealkylation sites (tertiary alicyclic amines) is 1. The van der Waals surface area contributed by atoms with E-state index < -0.39 is 23.3 Å². The summed E-state index contributed by atoms with van der Waals surface area (Å²) in [7, 11) is 0. The van der Waals surface area contributed by atoms with Crippen LogP contribution in [0.1, 0.15) is 55.5 Å². The first-order valence-corrected chi connectivity index (χ1v) is 13.3. The van der Waals surface area contributed by atoms with E-state index in [-0.39, 0.29) is 36.7 Å². The SMILES string of the molecule is C[C@@H]1Cc2c([nH]c3ccccc23)[C@@H](c2c(F)cc(OC3CN(CCCF)C3)cc2F)N1CC1(F)CCC1. The molecule has 1 saturated carbocycles. The number of aromatic amines is 1. The van der Waals surface area contributed by atoms with E-state index in [9.17, 15) is 4.39 Å². The van der Waals surface area contributed by atoms with Gasteiger partial charge in [-0.25, -0.2) is 13.2 Å². The Morgan fingerprint density at radius 2 is 1.84 bits per heavy atom. The first kappa shape index (κ1) is 24.7. The average molecular weight is 516 g/mol. The van der Waals surface area contributed by atoms with Crippen molar-refractivity contribution in [3.63, 3.8) is 0 Å². The standard InChI is InChI=1S/C29H33F4N3O/c1-18-12-22-21-6-2-3-7-25(21)34-27(22)28(36(18)17-29(33)8-4-9-29)26-23(31)13-19(14-24(26)32)37-20-15-35(16-20)11-5-10-30/h2-3,6-7,13-14,18,20,28,34H,4-5,8-12,15-17H2,1H3/t18-,28-/m1/s1. The zero-order valence-corrected chi connectivity index (χ0v) is 21.1. The Balaban J connectivity index is 1.34. The molecule has 4 nitrogen and oxygen atoms in total. The number of aromatic nitrogens is 1. The Kier molecular flexibility index (Phi) is 6.43. The van der Waals surface area contributed by atoms with Crippen LogP contribution in [0.25, 0.3) is 10.9 Å². The fraction of sp³-hybridized carbons (Fsp3) is 0.517. The van der Waals surface area contributed by atoms with E-state index in [4.69, 9.17) is 4.74 Å². The van der Waals surface area contributed by atoms with Gasteiger partial charge >= 0.3 is 0 Å². The Morgan fingerprint density at radius 1 is 1.11 bits per heavy atom. The number of fused-ring (bicyclic) bond motifs is 3. The predicted octanol–water partition coefficient (Wildman–Crippen LogP) is 6.10. The minimum atomic E-state index is -1.33. The first-order valence-electron chi connectivity index (χ1n) is 13.3. The van der Waals surface area contributed by atoms with Crippen LogP contribution in [0.2, 0.25) is 0 Å². The van der Waals surface area contributed by atoms with Crippen LogP contribution >= 0.6 is 0 Å². The number of halogens is 4. The van der Waals surface area contributed by atoms with Gasteiger partial charge in [0.25, 0.3) is 0 Å². The van der Waals surface area contributed by atoms with E-state index in [2.05, 4.69) is 9.88 Å². The fourth-order valence-corrected chi connectivity index (χ4v) is 6.26. The number of rotatable bonds is 8. The molecule has 0 spiro atoms. The largest absolute Gasteiger partial charge is 0.488 e. The van der Waals surface area contributed by atoms with Gasteiger partial charge in [0.05, 0.1) is 12.7 Å². The smallest absolute Gasteiger partial charge is 0.135 e.